The fourth-order valence-electron chi connectivity index (χ4n) is 2.91. The zero-order valence-electron chi connectivity index (χ0n) is 11.9. The largest absolute Gasteiger partial charge is 0.372 e. The van der Waals surface area contributed by atoms with Gasteiger partial charge in [-0.25, -0.2) is 4.98 Å². The molecule has 1 aliphatic rings. The third-order valence-electron chi connectivity index (χ3n) is 4.04. The molecule has 1 heterocycles. The second kappa shape index (κ2) is 6.04. The first-order valence-corrected chi connectivity index (χ1v) is 7.05. The molecule has 0 aliphatic heterocycles. The van der Waals surface area contributed by atoms with Crippen molar-refractivity contribution in [2.75, 3.05) is 12.4 Å². The van der Waals surface area contributed by atoms with Crippen molar-refractivity contribution in [2.45, 2.75) is 39.2 Å². The van der Waals surface area contributed by atoms with E-state index in [1.165, 1.54) is 12.8 Å². The second-order valence-electron chi connectivity index (χ2n) is 5.63. The van der Waals surface area contributed by atoms with E-state index in [2.05, 4.69) is 29.5 Å². The van der Waals surface area contributed by atoms with Crippen molar-refractivity contribution in [3.8, 4) is 0 Å². The summed E-state index contributed by atoms with van der Waals surface area (Å²) < 4.78 is 0. The third-order valence-corrected chi connectivity index (χ3v) is 4.04. The Bertz CT molecular complexity index is 447. The van der Waals surface area contributed by atoms with Crippen LogP contribution in [-0.4, -0.2) is 24.0 Å². The van der Waals surface area contributed by atoms with Crippen LogP contribution in [-0.2, 0) is 0 Å². The van der Waals surface area contributed by atoms with E-state index in [4.69, 9.17) is 0 Å². The predicted molar refractivity (Wildman–Crippen MR) is 77.2 cm³/mol. The average molecular weight is 261 g/mol. The zero-order chi connectivity index (χ0) is 13.8. The van der Waals surface area contributed by atoms with Crippen LogP contribution in [0, 0.1) is 11.8 Å². The number of carbonyl (C=O) groups is 1. The van der Waals surface area contributed by atoms with Gasteiger partial charge in [0.1, 0.15) is 5.82 Å². The first-order valence-electron chi connectivity index (χ1n) is 7.05. The predicted octanol–water partition coefficient (Wildman–Crippen LogP) is 2.68. The fourth-order valence-corrected chi connectivity index (χ4v) is 2.91. The molecule has 1 saturated carbocycles. The maximum atomic E-state index is 12.3. The summed E-state index contributed by atoms with van der Waals surface area (Å²) in [6, 6.07) is 3.89. The minimum absolute atomic E-state index is 0.0242. The number of amides is 1. The molecule has 104 valence electrons. The Morgan fingerprint density at radius 2 is 2.16 bits per heavy atom. The Morgan fingerprint density at radius 1 is 1.37 bits per heavy atom. The number of carbonyl (C=O) groups excluding carboxylic acids is 1. The van der Waals surface area contributed by atoms with E-state index in [0.717, 1.165) is 12.3 Å². The number of rotatable bonds is 3. The van der Waals surface area contributed by atoms with Gasteiger partial charge in [0, 0.05) is 19.3 Å². The Balaban J connectivity index is 2.04. The molecule has 0 saturated heterocycles. The quantitative estimate of drug-likeness (QED) is 0.879. The SMILES string of the molecule is CNc1ncccc1C(=O)NC1CCC(C)CC1C. The lowest BCUT2D eigenvalue weighted by Gasteiger charge is -2.33. The summed E-state index contributed by atoms with van der Waals surface area (Å²) in [4.78, 5) is 16.5. The highest BCUT2D eigenvalue weighted by molar-refractivity contribution is 5.98. The molecule has 4 nitrogen and oxygen atoms in total. The van der Waals surface area contributed by atoms with Crippen LogP contribution in [0.2, 0.25) is 0 Å². The monoisotopic (exact) mass is 261 g/mol. The van der Waals surface area contributed by atoms with Gasteiger partial charge in [0.2, 0.25) is 0 Å². The number of aromatic nitrogens is 1. The van der Waals surface area contributed by atoms with Gasteiger partial charge in [-0.05, 0) is 43.2 Å². The highest BCUT2D eigenvalue weighted by atomic mass is 16.1. The minimum atomic E-state index is -0.0242. The van der Waals surface area contributed by atoms with Crippen molar-refractivity contribution >= 4 is 11.7 Å². The van der Waals surface area contributed by atoms with Crippen molar-refractivity contribution in [1.29, 1.82) is 0 Å². The molecule has 2 rings (SSSR count). The Hall–Kier alpha value is -1.58. The summed E-state index contributed by atoms with van der Waals surface area (Å²) in [5.74, 6) is 1.93. The number of pyridine rings is 1. The lowest BCUT2D eigenvalue weighted by atomic mass is 9.80. The smallest absolute Gasteiger partial charge is 0.255 e. The molecule has 0 aromatic carbocycles. The molecule has 1 aliphatic carbocycles. The van der Waals surface area contributed by atoms with Gasteiger partial charge in [-0.2, -0.15) is 0 Å². The summed E-state index contributed by atoms with van der Waals surface area (Å²) in [5, 5.41) is 6.12. The highest BCUT2D eigenvalue weighted by Crippen LogP contribution is 2.28. The van der Waals surface area contributed by atoms with Crippen LogP contribution in [0.15, 0.2) is 18.3 Å². The van der Waals surface area contributed by atoms with Crippen molar-refractivity contribution in [2.24, 2.45) is 11.8 Å². The molecule has 2 N–H and O–H groups in total. The molecule has 0 bridgehead atoms. The lowest BCUT2D eigenvalue weighted by Crippen LogP contribution is -2.42. The van der Waals surface area contributed by atoms with E-state index < -0.39 is 0 Å². The summed E-state index contributed by atoms with van der Waals surface area (Å²) in [6.45, 7) is 4.51. The maximum absolute atomic E-state index is 12.3. The Morgan fingerprint density at radius 3 is 2.84 bits per heavy atom. The molecule has 1 aromatic rings. The van der Waals surface area contributed by atoms with Gasteiger partial charge >= 0.3 is 0 Å². The summed E-state index contributed by atoms with van der Waals surface area (Å²) in [6.07, 6.45) is 5.15. The summed E-state index contributed by atoms with van der Waals surface area (Å²) >= 11 is 0. The molecule has 4 heteroatoms. The maximum Gasteiger partial charge on any atom is 0.255 e. The molecule has 0 spiro atoms. The second-order valence-corrected chi connectivity index (χ2v) is 5.63. The highest BCUT2D eigenvalue weighted by Gasteiger charge is 2.27. The van der Waals surface area contributed by atoms with Crippen LogP contribution in [0.4, 0.5) is 5.82 Å². The standard InChI is InChI=1S/C15H23N3O/c1-10-6-7-13(11(2)9-10)18-15(19)12-5-4-8-17-14(12)16-3/h4-5,8,10-11,13H,6-7,9H2,1-3H3,(H,16,17)(H,18,19). The van der Waals surface area contributed by atoms with Gasteiger partial charge in [-0.15, -0.1) is 0 Å². The third kappa shape index (κ3) is 3.25. The molecular weight excluding hydrogens is 238 g/mol. The fraction of sp³-hybridized carbons (Fsp3) is 0.600. The number of hydrogen-bond acceptors (Lipinski definition) is 3. The van der Waals surface area contributed by atoms with Gasteiger partial charge in [-0.1, -0.05) is 13.8 Å². The Kier molecular flexibility index (Phi) is 4.40. The molecule has 3 atom stereocenters. The number of hydrogen-bond donors (Lipinski definition) is 2. The Labute approximate surface area is 115 Å². The topological polar surface area (TPSA) is 54.0 Å². The van der Waals surface area contributed by atoms with E-state index in [-0.39, 0.29) is 11.9 Å². The molecule has 1 aromatic heterocycles. The first kappa shape index (κ1) is 13.8. The van der Waals surface area contributed by atoms with E-state index in [0.29, 0.717) is 17.3 Å². The van der Waals surface area contributed by atoms with E-state index in [9.17, 15) is 4.79 Å². The van der Waals surface area contributed by atoms with Gasteiger partial charge in [-0.3, -0.25) is 4.79 Å². The van der Waals surface area contributed by atoms with Crippen LogP contribution in [0.25, 0.3) is 0 Å². The van der Waals surface area contributed by atoms with Crippen molar-refractivity contribution in [3.63, 3.8) is 0 Å². The molecular formula is C15H23N3O. The summed E-state index contributed by atoms with van der Waals surface area (Å²) in [7, 11) is 1.78. The van der Waals surface area contributed by atoms with Crippen LogP contribution in [0.5, 0.6) is 0 Å². The number of nitrogens with one attached hydrogen (secondary N) is 2. The van der Waals surface area contributed by atoms with Gasteiger partial charge in [0.05, 0.1) is 5.56 Å². The van der Waals surface area contributed by atoms with Crippen LogP contribution in [0.1, 0.15) is 43.5 Å². The number of nitrogens with zero attached hydrogens (tertiary/aromatic N) is 1. The van der Waals surface area contributed by atoms with Gasteiger partial charge in [0.15, 0.2) is 0 Å². The molecule has 3 unspecified atom stereocenters. The van der Waals surface area contributed by atoms with Crippen LogP contribution >= 0.6 is 0 Å². The lowest BCUT2D eigenvalue weighted by molar-refractivity contribution is 0.0900. The first-order chi connectivity index (χ1) is 9.11. The zero-order valence-corrected chi connectivity index (χ0v) is 11.9. The van der Waals surface area contributed by atoms with E-state index in [1.807, 2.05) is 6.07 Å². The van der Waals surface area contributed by atoms with Crippen molar-refractivity contribution in [1.82, 2.24) is 10.3 Å². The van der Waals surface area contributed by atoms with Crippen molar-refractivity contribution in [3.05, 3.63) is 23.9 Å². The molecule has 1 amide bonds. The molecule has 0 radical (unpaired) electrons. The van der Waals surface area contributed by atoms with Crippen LogP contribution < -0.4 is 10.6 Å². The molecule has 19 heavy (non-hydrogen) atoms. The van der Waals surface area contributed by atoms with Crippen molar-refractivity contribution < 1.29 is 4.79 Å². The molecule has 1 fully saturated rings. The normalized spacial score (nSPS) is 26.8. The van der Waals surface area contributed by atoms with Gasteiger partial charge in [0.25, 0.3) is 5.91 Å². The average Bonchev–Trinajstić information content (AvgIpc) is 2.41. The van der Waals surface area contributed by atoms with E-state index in [1.54, 1.807) is 19.3 Å². The van der Waals surface area contributed by atoms with Gasteiger partial charge < -0.3 is 10.6 Å². The summed E-state index contributed by atoms with van der Waals surface area (Å²) in [5.41, 5.74) is 0.621. The number of anilines is 1. The van der Waals surface area contributed by atoms with Crippen LogP contribution in [0.3, 0.4) is 0 Å². The van der Waals surface area contributed by atoms with E-state index >= 15 is 0 Å². The minimum Gasteiger partial charge on any atom is -0.372 e.